The van der Waals surface area contributed by atoms with Crippen LogP contribution in [0.5, 0.6) is 0 Å². The normalized spacial score (nSPS) is 18.4. The number of benzene rings is 2. The molecule has 2 aromatic carbocycles. The number of allylic oxidation sites excluding steroid dienone is 2. The van der Waals surface area contributed by atoms with Crippen molar-refractivity contribution in [3.8, 4) is 0 Å². The van der Waals surface area contributed by atoms with Crippen LogP contribution < -0.4 is 3.61 Å². The number of hydrogen-bond acceptors (Lipinski definition) is 0. The van der Waals surface area contributed by atoms with Crippen LogP contribution >= 0.6 is 37.1 Å². The van der Waals surface area contributed by atoms with Crippen LogP contribution in [-0.4, -0.2) is 13.8 Å². The van der Waals surface area contributed by atoms with Gasteiger partial charge >= 0.3 is 141 Å². The van der Waals surface area contributed by atoms with E-state index in [4.69, 9.17) is 11.6 Å². The second-order valence-corrected chi connectivity index (χ2v) is 29.0. The monoisotopic (exact) mass is 526 g/mol. The molecule has 20 heavy (non-hydrogen) atoms. The topological polar surface area (TPSA) is 0 Å². The molecule has 0 spiro atoms. The van der Waals surface area contributed by atoms with Crippen LogP contribution in [0.1, 0.15) is 11.1 Å². The van der Waals surface area contributed by atoms with Crippen LogP contribution in [0.4, 0.5) is 0 Å². The average molecular weight is 526 g/mol. The van der Waals surface area contributed by atoms with Crippen molar-refractivity contribution in [2.75, 3.05) is 0 Å². The molecule has 0 amide bonds. The van der Waals surface area contributed by atoms with E-state index in [-0.39, 0.29) is 0 Å². The minimum absolute atomic E-state index is 0.777. The number of halogens is 3. The molecule has 0 saturated heterocycles. The second kappa shape index (κ2) is 5.99. The molecule has 0 atom stereocenters. The number of fused-ring (bicyclic) bond motifs is 1. The Morgan fingerprint density at radius 1 is 0.950 bits per heavy atom. The molecule has 1 heterocycles. The fourth-order valence-electron chi connectivity index (χ4n) is 2.11. The molecule has 0 saturated carbocycles. The van der Waals surface area contributed by atoms with Gasteiger partial charge in [-0.05, 0) is 0 Å². The molecule has 0 aromatic heterocycles. The van der Waals surface area contributed by atoms with Crippen molar-refractivity contribution in [2.24, 2.45) is 0 Å². The fraction of sp³-hybridized carbons (Fsp3) is 0. The standard InChI is InChI=1S/C16H11Br2ClTe/c17-20(18)14(10-13-8-4-5-9-16(13)20)11-15(19)12-6-2-1-3-7-12/h1-11H/b15-11-. The number of rotatable bonds is 2. The predicted molar refractivity (Wildman–Crippen MR) is 97.9 cm³/mol. The molecular weight excluding hydrogens is 515 g/mol. The van der Waals surface area contributed by atoms with Crippen LogP contribution in [0.2, 0.25) is 0 Å². The Morgan fingerprint density at radius 3 is 2.30 bits per heavy atom. The summed E-state index contributed by atoms with van der Waals surface area (Å²) in [5, 5.41) is 0.777. The summed E-state index contributed by atoms with van der Waals surface area (Å²) in [6.45, 7) is 0. The fourth-order valence-corrected chi connectivity index (χ4v) is 13.2. The maximum atomic E-state index is 6.47. The molecular formula is C16H11Br2ClTe. The Morgan fingerprint density at radius 2 is 1.60 bits per heavy atom. The van der Waals surface area contributed by atoms with Crippen molar-refractivity contribution in [2.45, 2.75) is 0 Å². The molecule has 2 aromatic rings. The van der Waals surface area contributed by atoms with Gasteiger partial charge in [0.15, 0.2) is 0 Å². The van der Waals surface area contributed by atoms with Crippen molar-refractivity contribution in [3.63, 3.8) is 0 Å². The first kappa shape index (κ1) is 14.9. The van der Waals surface area contributed by atoms with Gasteiger partial charge in [0.25, 0.3) is 0 Å². The van der Waals surface area contributed by atoms with Crippen LogP contribution in [0.3, 0.4) is 0 Å². The quantitative estimate of drug-likeness (QED) is 0.464. The first-order valence-corrected chi connectivity index (χ1v) is 19.2. The molecule has 0 nitrogen and oxygen atoms in total. The molecule has 1 aliphatic heterocycles. The van der Waals surface area contributed by atoms with E-state index in [0.717, 1.165) is 10.6 Å². The summed E-state index contributed by atoms with van der Waals surface area (Å²) >= 11 is 11.8. The molecule has 4 heteroatoms. The first-order valence-electron chi connectivity index (χ1n) is 6.05. The Bertz CT molecular complexity index is 705. The van der Waals surface area contributed by atoms with Gasteiger partial charge in [-0.25, -0.2) is 0 Å². The van der Waals surface area contributed by atoms with Gasteiger partial charge in [-0.2, -0.15) is 0 Å². The molecule has 0 bridgehead atoms. The van der Waals surface area contributed by atoms with Crippen LogP contribution in [-0.2, 0) is 0 Å². The van der Waals surface area contributed by atoms with Crippen LogP contribution in [0.25, 0.3) is 11.1 Å². The molecule has 3 rings (SSSR count). The minimum atomic E-state index is -2.55. The summed E-state index contributed by atoms with van der Waals surface area (Å²) in [6, 6.07) is 18.5. The molecule has 0 unspecified atom stereocenters. The van der Waals surface area contributed by atoms with E-state index in [1.165, 1.54) is 12.8 Å². The third kappa shape index (κ3) is 2.80. The zero-order chi connectivity index (χ0) is 14.2. The van der Waals surface area contributed by atoms with E-state index in [0.29, 0.717) is 0 Å². The summed E-state index contributed by atoms with van der Waals surface area (Å²) in [6.07, 6.45) is 4.31. The van der Waals surface area contributed by atoms with Gasteiger partial charge in [-0.3, -0.25) is 0 Å². The van der Waals surface area contributed by atoms with Gasteiger partial charge in [-0.15, -0.1) is 0 Å². The SMILES string of the molecule is Cl/C(=C\C1=Cc2ccccc2[Te]1(Br)Br)c1ccccc1. The van der Waals surface area contributed by atoms with E-state index < -0.39 is 13.8 Å². The van der Waals surface area contributed by atoms with E-state index in [9.17, 15) is 0 Å². The predicted octanol–water partition coefficient (Wildman–Crippen LogP) is 5.34. The summed E-state index contributed by atoms with van der Waals surface area (Å²) < 4.78 is 2.67. The summed E-state index contributed by atoms with van der Waals surface area (Å²) in [5.74, 6) is 0. The summed E-state index contributed by atoms with van der Waals surface area (Å²) in [4.78, 5) is 0. The van der Waals surface area contributed by atoms with Gasteiger partial charge in [-0.1, -0.05) is 0 Å². The molecule has 0 radical (unpaired) electrons. The van der Waals surface area contributed by atoms with E-state index in [1.807, 2.05) is 30.3 Å². The third-order valence-corrected chi connectivity index (χ3v) is 18.1. The Balaban J connectivity index is 2.01. The molecule has 102 valence electrons. The van der Waals surface area contributed by atoms with Crippen molar-refractivity contribution in [1.82, 2.24) is 0 Å². The summed E-state index contributed by atoms with van der Waals surface area (Å²) in [7, 11) is 0. The first-order chi connectivity index (χ1) is 9.59. The maximum absolute atomic E-state index is 6.47. The van der Waals surface area contributed by atoms with Gasteiger partial charge < -0.3 is 0 Å². The van der Waals surface area contributed by atoms with Crippen LogP contribution in [0.15, 0.2) is 64.3 Å². The van der Waals surface area contributed by atoms with Crippen molar-refractivity contribution < 1.29 is 0 Å². The zero-order valence-corrected chi connectivity index (χ0v) is 16.7. The molecule has 0 N–H and O–H groups in total. The molecule has 1 aliphatic rings. The van der Waals surface area contributed by atoms with Crippen molar-refractivity contribution >= 4 is 65.6 Å². The Labute approximate surface area is 139 Å². The van der Waals surface area contributed by atoms with Crippen molar-refractivity contribution in [1.29, 1.82) is 0 Å². The zero-order valence-electron chi connectivity index (χ0n) is 10.4. The molecule has 0 aliphatic carbocycles. The van der Waals surface area contributed by atoms with Gasteiger partial charge in [0.05, 0.1) is 0 Å². The Hall–Kier alpha value is -0.0404. The van der Waals surface area contributed by atoms with E-state index >= 15 is 0 Å². The Kier molecular flexibility index (Phi) is 4.45. The van der Waals surface area contributed by atoms with E-state index in [1.54, 1.807) is 0 Å². The molecule has 0 fully saturated rings. The number of hydrogen-bond donors (Lipinski definition) is 0. The summed E-state index contributed by atoms with van der Waals surface area (Å²) in [5.41, 5.74) is 2.33. The van der Waals surface area contributed by atoms with Crippen LogP contribution in [0, 0.1) is 0 Å². The van der Waals surface area contributed by atoms with Crippen molar-refractivity contribution in [3.05, 3.63) is 75.4 Å². The third-order valence-electron chi connectivity index (χ3n) is 3.11. The second-order valence-electron chi connectivity index (χ2n) is 4.41. The van der Waals surface area contributed by atoms with Gasteiger partial charge in [0.2, 0.25) is 0 Å². The van der Waals surface area contributed by atoms with Gasteiger partial charge in [0, 0.05) is 0 Å². The van der Waals surface area contributed by atoms with E-state index in [2.05, 4.69) is 61.9 Å². The average Bonchev–Trinajstić information content (AvgIpc) is 2.72. The van der Waals surface area contributed by atoms with Gasteiger partial charge in [0.1, 0.15) is 0 Å².